The molecular weight excluding hydrogens is 318 g/mol. The molecule has 0 bridgehead atoms. The standard InChI is InChI=1S/C18H23N5O2/c1-3-17(24)22-11-9-14(12-22)20-18(25)21-16-8-10-19-23(16)15-7-5-4-6-13(15)2/h4-8,10,14H,3,9,11-12H2,1-2H3,(H2,20,21,25)/t14-/m1/s1. The lowest BCUT2D eigenvalue weighted by molar-refractivity contribution is -0.129. The van der Waals surface area contributed by atoms with Crippen molar-refractivity contribution >= 4 is 17.8 Å². The molecule has 1 aromatic carbocycles. The molecule has 3 rings (SSSR count). The normalized spacial score (nSPS) is 16.7. The topological polar surface area (TPSA) is 79.3 Å². The van der Waals surface area contributed by atoms with E-state index in [4.69, 9.17) is 0 Å². The third-order valence-corrected chi connectivity index (χ3v) is 4.41. The molecule has 0 aliphatic carbocycles. The minimum absolute atomic E-state index is 0.0228. The van der Waals surface area contributed by atoms with Crippen LogP contribution >= 0.6 is 0 Å². The molecule has 1 aliphatic heterocycles. The number of carbonyl (C=O) groups excluding carboxylic acids is 2. The summed E-state index contributed by atoms with van der Waals surface area (Å²) < 4.78 is 1.70. The number of nitrogens with one attached hydrogen (secondary N) is 2. The first-order valence-corrected chi connectivity index (χ1v) is 8.53. The van der Waals surface area contributed by atoms with Crippen LogP contribution in [0.15, 0.2) is 36.5 Å². The summed E-state index contributed by atoms with van der Waals surface area (Å²) in [5.41, 5.74) is 1.99. The van der Waals surface area contributed by atoms with Crippen LogP contribution in [0.4, 0.5) is 10.6 Å². The van der Waals surface area contributed by atoms with Gasteiger partial charge in [0.25, 0.3) is 0 Å². The number of rotatable bonds is 4. The molecule has 7 heteroatoms. The number of hydrogen-bond acceptors (Lipinski definition) is 3. The van der Waals surface area contributed by atoms with Gasteiger partial charge in [0.15, 0.2) is 0 Å². The van der Waals surface area contributed by atoms with Crippen molar-refractivity contribution in [2.24, 2.45) is 0 Å². The Morgan fingerprint density at radius 3 is 2.84 bits per heavy atom. The maximum absolute atomic E-state index is 12.3. The second kappa shape index (κ2) is 7.38. The fraction of sp³-hybridized carbons (Fsp3) is 0.389. The average Bonchev–Trinajstić information content (AvgIpc) is 3.24. The van der Waals surface area contributed by atoms with Crippen LogP contribution in [-0.2, 0) is 4.79 Å². The molecule has 7 nitrogen and oxygen atoms in total. The van der Waals surface area contributed by atoms with Crippen LogP contribution in [0.2, 0.25) is 0 Å². The summed E-state index contributed by atoms with van der Waals surface area (Å²) in [7, 11) is 0. The van der Waals surface area contributed by atoms with E-state index in [2.05, 4.69) is 15.7 Å². The summed E-state index contributed by atoms with van der Waals surface area (Å²) in [5, 5.41) is 10.1. The van der Waals surface area contributed by atoms with Crippen molar-refractivity contribution in [1.82, 2.24) is 20.0 Å². The van der Waals surface area contributed by atoms with E-state index in [-0.39, 0.29) is 18.0 Å². The summed E-state index contributed by atoms with van der Waals surface area (Å²) in [5.74, 6) is 0.730. The number of amides is 3. The van der Waals surface area contributed by atoms with Crippen molar-refractivity contribution < 1.29 is 9.59 Å². The van der Waals surface area contributed by atoms with Crippen molar-refractivity contribution in [3.63, 3.8) is 0 Å². The van der Waals surface area contributed by atoms with Crippen LogP contribution in [0.3, 0.4) is 0 Å². The number of nitrogens with zero attached hydrogens (tertiary/aromatic N) is 3. The van der Waals surface area contributed by atoms with Crippen molar-refractivity contribution in [1.29, 1.82) is 0 Å². The summed E-state index contributed by atoms with van der Waals surface area (Å²) in [4.78, 5) is 25.8. The van der Waals surface area contributed by atoms with Gasteiger partial charge >= 0.3 is 6.03 Å². The number of hydrogen-bond donors (Lipinski definition) is 2. The van der Waals surface area contributed by atoms with Gasteiger partial charge < -0.3 is 10.2 Å². The maximum atomic E-state index is 12.3. The molecule has 0 spiro atoms. The van der Waals surface area contributed by atoms with E-state index in [9.17, 15) is 9.59 Å². The van der Waals surface area contributed by atoms with Crippen LogP contribution in [-0.4, -0.2) is 45.8 Å². The summed E-state index contributed by atoms with van der Waals surface area (Å²) in [6, 6.07) is 9.30. The first-order chi connectivity index (χ1) is 12.1. The van der Waals surface area contributed by atoms with E-state index >= 15 is 0 Å². The van der Waals surface area contributed by atoms with E-state index in [1.165, 1.54) is 0 Å². The Labute approximate surface area is 147 Å². The number of aromatic nitrogens is 2. The summed E-state index contributed by atoms with van der Waals surface area (Å²) in [6.45, 7) is 5.11. The van der Waals surface area contributed by atoms with Crippen molar-refractivity contribution in [2.75, 3.05) is 18.4 Å². The predicted octanol–water partition coefficient (Wildman–Crippen LogP) is 2.31. The zero-order valence-electron chi connectivity index (χ0n) is 14.5. The minimum Gasteiger partial charge on any atom is -0.341 e. The van der Waals surface area contributed by atoms with E-state index in [0.29, 0.717) is 25.3 Å². The molecule has 0 unspecified atom stereocenters. The van der Waals surface area contributed by atoms with Crippen molar-refractivity contribution in [3.05, 3.63) is 42.1 Å². The largest absolute Gasteiger partial charge is 0.341 e. The molecule has 25 heavy (non-hydrogen) atoms. The maximum Gasteiger partial charge on any atom is 0.320 e. The molecule has 1 saturated heterocycles. The zero-order chi connectivity index (χ0) is 17.8. The van der Waals surface area contributed by atoms with Gasteiger partial charge in [0.1, 0.15) is 5.82 Å². The van der Waals surface area contributed by atoms with Crippen LogP contribution in [0, 0.1) is 6.92 Å². The smallest absolute Gasteiger partial charge is 0.320 e. The Bertz CT molecular complexity index is 770. The second-order valence-corrected chi connectivity index (χ2v) is 6.19. The number of anilines is 1. The highest BCUT2D eigenvalue weighted by Crippen LogP contribution is 2.18. The molecule has 0 radical (unpaired) electrons. The van der Waals surface area contributed by atoms with Gasteiger partial charge in [0.05, 0.1) is 11.9 Å². The third-order valence-electron chi connectivity index (χ3n) is 4.41. The van der Waals surface area contributed by atoms with Gasteiger partial charge in [-0.25, -0.2) is 9.48 Å². The highest BCUT2D eigenvalue weighted by Gasteiger charge is 2.26. The summed E-state index contributed by atoms with van der Waals surface area (Å²) in [6.07, 6.45) is 2.92. The van der Waals surface area contributed by atoms with Gasteiger partial charge in [0.2, 0.25) is 5.91 Å². The second-order valence-electron chi connectivity index (χ2n) is 6.19. The molecule has 1 atom stereocenters. The Morgan fingerprint density at radius 2 is 2.08 bits per heavy atom. The first-order valence-electron chi connectivity index (χ1n) is 8.53. The Morgan fingerprint density at radius 1 is 1.28 bits per heavy atom. The molecule has 1 fully saturated rings. The third kappa shape index (κ3) is 3.81. The lowest BCUT2D eigenvalue weighted by Gasteiger charge is -2.17. The highest BCUT2D eigenvalue weighted by molar-refractivity contribution is 5.89. The Hall–Kier alpha value is -2.83. The van der Waals surface area contributed by atoms with Gasteiger partial charge in [-0.2, -0.15) is 5.10 Å². The van der Waals surface area contributed by atoms with E-state index in [1.54, 1.807) is 21.8 Å². The van der Waals surface area contributed by atoms with Crippen LogP contribution in [0.1, 0.15) is 25.3 Å². The fourth-order valence-corrected chi connectivity index (χ4v) is 3.06. The van der Waals surface area contributed by atoms with Gasteiger partial charge in [0, 0.05) is 31.6 Å². The highest BCUT2D eigenvalue weighted by atomic mass is 16.2. The molecule has 2 N–H and O–H groups in total. The zero-order valence-corrected chi connectivity index (χ0v) is 14.5. The molecule has 1 aliphatic rings. The predicted molar refractivity (Wildman–Crippen MR) is 95.7 cm³/mol. The van der Waals surface area contributed by atoms with Crippen LogP contribution in [0.25, 0.3) is 5.69 Å². The number of likely N-dealkylation sites (tertiary alicyclic amines) is 1. The van der Waals surface area contributed by atoms with E-state index < -0.39 is 0 Å². The van der Waals surface area contributed by atoms with E-state index in [0.717, 1.165) is 17.7 Å². The summed E-state index contributed by atoms with van der Waals surface area (Å²) >= 11 is 0. The lowest BCUT2D eigenvalue weighted by atomic mass is 10.2. The number of benzene rings is 1. The van der Waals surface area contributed by atoms with Gasteiger partial charge in [-0.15, -0.1) is 0 Å². The minimum atomic E-state index is -0.286. The van der Waals surface area contributed by atoms with Crippen molar-refractivity contribution in [3.8, 4) is 5.69 Å². The number of para-hydroxylation sites is 1. The lowest BCUT2D eigenvalue weighted by Crippen LogP contribution is -2.40. The average molecular weight is 341 g/mol. The van der Waals surface area contributed by atoms with Crippen molar-refractivity contribution in [2.45, 2.75) is 32.7 Å². The molecular formula is C18H23N5O2. The molecule has 3 amide bonds. The van der Waals surface area contributed by atoms with Crippen LogP contribution in [0.5, 0.6) is 0 Å². The molecule has 132 valence electrons. The van der Waals surface area contributed by atoms with Crippen LogP contribution < -0.4 is 10.6 Å². The van der Waals surface area contributed by atoms with E-state index in [1.807, 2.05) is 38.1 Å². The monoisotopic (exact) mass is 341 g/mol. The SMILES string of the molecule is CCC(=O)N1CC[C@@H](NC(=O)Nc2ccnn2-c2ccccc2C)C1. The molecule has 1 aromatic heterocycles. The van der Waals surface area contributed by atoms with Gasteiger partial charge in [-0.3, -0.25) is 10.1 Å². The van der Waals surface area contributed by atoms with Gasteiger partial charge in [-0.05, 0) is 25.0 Å². The Kier molecular flexibility index (Phi) is 5.02. The number of urea groups is 1. The molecule has 2 aromatic rings. The fourth-order valence-electron chi connectivity index (χ4n) is 3.06. The quantitative estimate of drug-likeness (QED) is 0.896. The Balaban J connectivity index is 1.63. The molecule has 0 saturated carbocycles. The number of carbonyl (C=O) groups is 2. The van der Waals surface area contributed by atoms with Gasteiger partial charge in [-0.1, -0.05) is 25.1 Å². The number of aryl methyl sites for hydroxylation is 1. The molecule has 2 heterocycles. The first kappa shape index (κ1) is 17.0.